The van der Waals surface area contributed by atoms with Crippen molar-refractivity contribution in [2.75, 3.05) is 32.7 Å². The lowest BCUT2D eigenvalue weighted by molar-refractivity contribution is 0.165. The Labute approximate surface area is 62.8 Å². The Morgan fingerprint density at radius 1 is 1.40 bits per heavy atom. The summed E-state index contributed by atoms with van der Waals surface area (Å²) in [5.41, 5.74) is 3.36. The SMILES string of the molecule is CCCNN1CCNCC1. The number of hydrogen-bond donors (Lipinski definition) is 2. The van der Waals surface area contributed by atoms with Crippen molar-refractivity contribution in [3.8, 4) is 0 Å². The molecular weight excluding hydrogens is 126 g/mol. The fourth-order valence-corrected chi connectivity index (χ4v) is 1.09. The highest BCUT2D eigenvalue weighted by Gasteiger charge is 2.06. The van der Waals surface area contributed by atoms with Gasteiger partial charge >= 0.3 is 0 Å². The summed E-state index contributed by atoms with van der Waals surface area (Å²) in [5.74, 6) is 0. The van der Waals surface area contributed by atoms with Crippen LogP contribution in [0.4, 0.5) is 0 Å². The molecule has 0 unspecified atom stereocenters. The lowest BCUT2D eigenvalue weighted by Gasteiger charge is -2.27. The molecule has 3 nitrogen and oxygen atoms in total. The molecule has 0 atom stereocenters. The summed E-state index contributed by atoms with van der Waals surface area (Å²) >= 11 is 0. The van der Waals surface area contributed by atoms with E-state index in [4.69, 9.17) is 0 Å². The van der Waals surface area contributed by atoms with Gasteiger partial charge in [-0.2, -0.15) is 0 Å². The van der Waals surface area contributed by atoms with Crippen molar-refractivity contribution >= 4 is 0 Å². The summed E-state index contributed by atoms with van der Waals surface area (Å²) in [7, 11) is 0. The standard InChI is InChI=1S/C7H17N3/c1-2-3-9-10-6-4-8-5-7-10/h8-9H,2-7H2,1H3. The molecule has 2 N–H and O–H groups in total. The molecule has 0 amide bonds. The Morgan fingerprint density at radius 3 is 2.70 bits per heavy atom. The molecule has 0 bridgehead atoms. The van der Waals surface area contributed by atoms with Gasteiger partial charge in [0.05, 0.1) is 0 Å². The lowest BCUT2D eigenvalue weighted by Crippen LogP contribution is -2.50. The number of hydrogen-bond acceptors (Lipinski definition) is 3. The number of nitrogens with zero attached hydrogens (tertiary/aromatic N) is 1. The minimum atomic E-state index is 1.11. The van der Waals surface area contributed by atoms with Crippen LogP contribution in [0.3, 0.4) is 0 Å². The minimum absolute atomic E-state index is 1.11. The maximum atomic E-state index is 3.36. The van der Waals surface area contributed by atoms with E-state index in [1.165, 1.54) is 6.42 Å². The summed E-state index contributed by atoms with van der Waals surface area (Å²) in [6.45, 7) is 7.82. The van der Waals surface area contributed by atoms with Crippen LogP contribution in [-0.4, -0.2) is 37.7 Å². The van der Waals surface area contributed by atoms with Gasteiger partial charge in [0.1, 0.15) is 0 Å². The average molecular weight is 143 g/mol. The summed E-state index contributed by atoms with van der Waals surface area (Å²) in [4.78, 5) is 0. The molecule has 60 valence electrons. The summed E-state index contributed by atoms with van der Waals surface area (Å²) in [6, 6.07) is 0. The highest BCUT2D eigenvalue weighted by Crippen LogP contribution is 1.86. The van der Waals surface area contributed by atoms with Crippen LogP contribution in [0.5, 0.6) is 0 Å². The first-order valence-electron chi connectivity index (χ1n) is 4.12. The smallest absolute Gasteiger partial charge is 0.0256 e. The largest absolute Gasteiger partial charge is 0.314 e. The molecule has 0 radical (unpaired) electrons. The maximum Gasteiger partial charge on any atom is 0.0256 e. The van der Waals surface area contributed by atoms with Gasteiger partial charge in [0.2, 0.25) is 0 Å². The monoisotopic (exact) mass is 143 g/mol. The Hall–Kier alpha value is -0.120. The van der Waals surface area contributed by atoms with Gasteiger partial charge in [0, 0.05) is 32.7 Å². The zero-order chi connectivity index (χ0) is 7.23. The molecule has 1 rings (SSSR count). The Balaban J connectivity index is 2.02. The van der Waals surface area contributed by atoms with Gasteiger partial charge in [-0.05, 0) is 6.42 Å². The summed E-state index contributed by atoms with van der Waals surface area (Å²) in [5, 5.41) is 5.60. The van der Waals surface area contributed by atoms with E-state index in [1.807, 2.05) is 0 Å². The molecule has 0 aromatic carbocycles. The van der Waals surface area contributed by atoms with Crippen LogP contribution in [0.2, 0.25) is 0 Å². The van der Waals surface area contributed by atoms with E-state index >= 15 is 0 Å². The summed E-state index contributed by atoms with van der Waals surface area (Å²) in [6.07, 6.45) is 1.21. The van der Waals surface area contributed by atoms with Crippen molar-refractivity contribution in [1.82, 2.24) is 15.8 Å². The van der Waals surface area contributed by atoms with Crippen molar-refractivity contribution in [1.29, 1.82) is 0 Å². The first-order chi connectivity index (χ1) is 4.93. The Kier molecular flexibility index (Phi) is 3.72. The molecule has 0 spiro atoms. The molecule has 0 saturated carbocycles. The Bertz CT molecular complexity index is 78.9. The molecule has 0 aromatic rings. The molecule has 0 aromatic heterocycles. The number of nitrogens with one attached hydrogen (secondary N) is 2. The van der Waals surface area contributed by atoms with Crippen LogP contribution >= 0.6 is 0 Å². The van der Waals surface area contributed by atoms with Crippen LogP contribution in [0.15, 0.2) is 0 Å². The topological polar surface area (TPSA) is 27.3 Å². The predicted octanol–water partition coefficient (Wildman–Crippen LogP) is -0.194. The van der Waals surface area contributed by atoms with Gasteiger partial charge in [0.25, 0.3) is 0 Å². The van der Waals surface area contributed by atoms with Crippen LogP contribution in [0.25, 0.3) is 0 Å². The zero-order valence-corrected chi connectivity index (χ0v) is 6.69. The van der Waals surface area contributed by atoms with Crippen LogP contribution in [-0.2, 0) is 0 Å². The van der Waals surface area contributed by atoms with E-state index in [1.54, 1.807) is 0 Å². The second-order valence-corrected chi connectivity index (χ2v) is 2.65. The van der Waals surface area contributed by atoms with Gasteiger partial charge in [-0.25, -0.2) is 5.01 Å². The third-order valence-corrected chi connectivity index (χ3v) is 1.70. The fraction of sp³-hybridized carbons (Fsp3) is 1.00. The van der Waals surface area contributed by atoms with Crippen molar-refractivity contribution in [3.05, 3.63) is 0 Å². The predicted molar refractivity (Wildman–Crippen MR) is 42.7 cm³/mol. The fourth-order valence-electron chi connectivity index (χ4n) is 1.09. The number of rotatable bonds is 3. The summed E-state index contributed by atoms with van der Waals surface area (Å²) < 4.78 is 0. The molecular formula is C7H17N3. The van der Waals surface area contributed by atoms with E-state index in [9.17, 15) is 0 Å². The normalized spacial score (nSPS) is 21.3. The molecule has 0 aliphatic carbocycles. The maximum absolute atomic E-state index is 3.36. The number of hydrazine groups is 1. The van der Waals surface area contributed by atoms with Gasteiger partial charge in [-0.15, -0.1) is 0 Å². The van der Waals surface area contributed by atoms with E-state index in [-0.39, 0.29) is 0 Å². The quantitative estimate of drug-likeness (QED) is 0.573. The second-order valence-electron chi connectivity index (χ2n) is 2.65. The van der Waals surface area contributed by atoms with Crippen LogP contribution < -0.4 is 10.7 Å². The van der Waals surface area contributed by atoms with Crippen molar-refractivity contribution < 1.29 is 0 Å². The van der Waals surface area contributed by atoms with Crippen molar-refractivity contribution in [2.45, 2.75) is 13.3 Å². The lowest BCUT2D eigenvalue weighted by atomic mass is 10.4. The van der Waals surface area contributed by atoms with Crippen molar-refractivity contribution in [3.63, 3.8) is 0 Å². The van der Waals surface area contributed by atoms with Gasteiger partial charge in [0.15, 0.2) is 0 Å². The molecule has 3 heteroatoms. The van der Waals surface area contributed by atoms with E-state index in [2.05, 4.69) is 22.7 Å². The molecule has 1 saturated heterocycles. The second kappa shape index (κ2) is 4.66. The van der Waals surface area contributed by atoms with Crippen LogP contribution in [0.1, 0.15) is 13.3 Å². The first-order valence-corrected chi connectivity index (χ1v) is 4.12. The molecule has 1 fully saturated rings. The van der Waals surface area contributed by atoms with Gasteiger partial charge in [-0.1, -0.05) is 6.92 Å². The van der Waals surface area contributed by atoms with Crippen LogP contribution in [0, 0.1) is 0 Å². The minimum Gasteiger partial charge on any atom is -0.314 e. The number of piperazine rings is 1. The first kappa shape index (κ1) is 7.98. The van der Waals surface area contributed by atoms with Crippen molar-refractivity contribution in [2.24, 2.45) is 0 Å². The van der Waals surface area contributed by atoms with E-state index in [0.29, 0.717) is 0 Å². The highest BCUT2D eigenvalue weighted by atomic mass is 15.5. The van der Waals surface area contributed by atoms with E-state index in [0.717, 1.165) is 32.7 Å². The third-order valence-electron chi connectivity index (χ3n) is 1.70. The van der Waals surface area contributed by atoms with E-state index < -0.39 is 0 Å². The molecule has 1 aliphatic heterocycles. The van der Waals surface area contributed by atoms with Gasteiger partial charge < -0.3 is 5.32 Å². The third kappa shape index (κ3) is 2.64. The molecule has 1 aliphatic rings. The Morgan fingerprint density at radius 2 is 2.10 bits per heavy atom. The van der Waals surface area contributed by atoms with Gasteiger partial charge in [-0.3, -0.25) is 5.43 Å². The zero-order valence-electron chi connectivity index (χ0n) is 6.69. The highest BCUT2D eigenvalue weighted by molar-refractivity contribution is 4.63. The molecule has 10 heavy (non-hydrogen) atoms. The average Bonchev–Trinajstić information content (AvgIpc) is 2.03. The molecule has 1 heterocycles.